The Bertz CT molecular complexity index is 653. The molecule has 0 unspecified atom stereocenters. The Balaban J connectivity index is 1.54. The van der Waals surface area contributed by atoms with Crippen LogP contribution in [-0.4, -0.2) is 25.2 Å². The van der Waals surface area contributed by atoms with Crippen molar-refractivity contribution in [2.75, 3.05) is 13.2 Å². The van der Waals surface area contributed by atoms with Crippen molar-refractivity contribution in [1.82, 2.24) is 5.32 Å². The van der Waals surface area contributed by atoms with Gasteiger partial charge in [-0.2, -0.15) is 0 Å². The van der Waals surface area contributed by atoms with Gasteiger partial charge in [0.25, 0.3) is 0 Å². The van der Waals surface area contributed by atoms with Gasteiger partial charge in [0, 0.05) is 18.6 Å². The maximum absolute atomic E-state index is 12.8. The number of ether oxygens (including phenoxy) is 1. The molecule has 2 fully saturated rings. The van der Waals surface area contributed by atoms with Gasteiger partial charge in [0.05, 0.1) is 12.0 Å². The Hall–Kier alpha value is -2.13. The molecule has 2 aliphatic rings. The minimum atomic E-state index is -0.177. The van der Waals surface area contributed by atoms with Gasteiger partial charge in [0.15, 0.2) is 0 Å². The van der Waals surface area contributed by atoms with E-state index in [1.807, 2.05) is 12.1 Å². The highest BCUT2D eigenvalue weighted by Gasteiger charge is 2.60. The Morgan fingerprint density at radius 1 is 1.04 bits per heavy atom. The summed E-state index contributed by atoms with van der Waals surface area (Å²) < 4.78 is 5.61. The van der Waals surface area contributed by atoms with Crippen LogP contribution in [0.4, 0.5) is 0 Å². The summed E-state index contributed by atoms with van der Waals surface area (Å²) in [5.74, 6) is 0.155. The normalized spacial score (nSPS) is 24.5. The Morgan fingerprint density at radius 2 is 1.67 bits per heavy atom. The molecule has 1 amide bonds. The summed E-state index contributed by atoms with van der Waals surface area (Å²) in [5, 5.41) is 3.12. The molecule has 4 rings (SSSR count). The molecule has 2 aromatic rings. The molecule has 1 N–H and O–H groups in total. The molecule has 0 radical (unpaired) electrons. The minimum absolute atomic E-state index is 0.00343. The van der Waals surface area contributed by atoms with E-state index in [0.717, 1.165) is 25.9 Å². The number of hydrogen-bond donors (Lipinski definition) is 1. The first-order chi connectivity index (χ1) is 11.8. The Morgan fingerprint density at radius 3 is 2.21 bits per heavy atom. The molecule has 3 nitrogen and oxygen atoms in total. The molecule has 0 aromatic heterocycles. The van der Waals surface area contributed by atoms with E-state index in [4.69, 9.17) is 4.74 Å². The molecule has 1 aliphatic heterocycles. The highest BCUT2D eigenvalue weighted by atomic mass is 16.5. The van der Waals surface area contributed by atoms with Crippen LogP contribution in [0.1, 0.15) is 30.4 Å². The second kappa shape index (κ2) is 6.40. The fourth-order valence-corrected chi connectivity index (χ4v) is 4.00. The van der Waals surface area contributed by atoms with Crippen LogP contribution < -0.4 is 5.32 Å². The van der Waals surface area contributed by atoms with Crippen LogP contribution in [-0.2, 0) is 14.9 Å². The number of rotatable bonds is 5. The lowest BCUT2D eigenvalue weighted by atomic mass is 9.85. The zero-order valence-electron chi connectivity index (χ0n) is 13.8. The first-order valence-corrected chi connectivity index (χ1v) is 8.81. The molecular weight excluding hydrogens is 298 g/mol. The smallest absolute Gasteiger partial charge is 0.224 e. The SMILES string of the molecule is O=C(NC[C@H]1CCCO1)[C@@H]1CC1(c1ccccc1)c1ccccc1. The maximum atomic E-state index is 12.8. The number of amides is 1. The standard InChI is InChI=1S/C21H23NO2/c23-20(22-15-18-12-7-13-24-18)19-14-21(19,16-8-3-1-4-9-16)17-10-5-2-6-11-17/h1-6,8-11,18-19H,7,12-15H2,(H,22,23)/t18-,19+/m1/s1. The predicted octanol–water partition coefficient (Wildman–Crippen LogP) is 3.29. The third-order valence-corrected chi connectivity index (χ3v) is 5.38. The van der Waals surface area contributed by atoms with E-state index in [1.54, 1.807) is 0 Å². The lowest BCUT2D eigenvalue weighted by Gasteiger charge is -2.19. The van der Waals surface area contributed by atoms with Gasteiger partial charge < -0.3 is 10.1 Å². The highest BCUT2D eigenvalue weighted by molar-refractivity contribution is 5.86. The summed E-state index contributed by atoms with van der Waals surface area (Å²) in [6.45, 7) is 1.46. The average Bonchev–Trinajstić information content (AvgIpc) is 3.20. The molecule has 2 aromatic carbocycles. The van der Waals surface area contributed by atoms with E-state index < -0.39 is 0 Å². The fourth-order valence-electron chi connectivity index (χ4n) is 4.00. The highest BCUT2D eigenvalue weighted by Crippen LogP contribution is 2.58. The molecule has 124 valence electrons. The van der Waals surface area contributed by atoms with Crippen LogP contribution in [0.15, 0.2) is 60.7 Å². The second-order valence-electron chi connectivity index (χ2n) is 6.84. The third-order valence-electron chi connectivity index (χ3n) is 5.38. The maximum Gasteiger partial charge on any atom is 0.224 e. The molecule has 0 spiro atoms. The van der Waals surface area contributed by atoms with Gasteiger partial charge in [-0.15, -0.1) is 0 Å². The number of benzene rings is 2. The molecule has 1 heterocycles. The number of nitrogens with one attached hydrogen (secondary N) is 1. The van der Waals surface area contributed by atoms with Crippen LogP contribution in [0, 0.1) is 5.92 Å². The Kier molecular flexibility index (Phi) is 4.11. The minimum Gasteiger partial charge on any atom is -0.376 e. The van der Waals surface area contributed by atoms with Gasteiger partial charge in [-0.05, 0) is 30.4 Å². The van der Waals surface area contributed by atoms with Crippen molar-refractivity contribution in [3.05, 3.63) is 71.8 Å². The topological polar surface area (TPSA) is 38.3 Å². The summed E-state index contributed by atoms with van der Waals surface area (Å²) in [5.41, 5.74) is 2.28. The average molecular weight is 321 g/mol. The number of carbonyl (C=O) groups excluding carboxylic acids is 1. The van der Waals surface area contributed by atoms with E-state index in [1.165, 1.54) is 11.1 Å². The zero-order chi connectivity index (χ0) is 16.4. The van der Waals surface area contributed by atoms with E-state index >= 15 is 0 Å². The molecule has 3 heteroatoms. The summed E-state index contributed by atoms with van der Waals surface area (Å²) in [4.78, 5) is 12.8. The van der Waals surface area contributed by atoms with Crippen LogP contribution >= 0.6 is 0 Å². The van der Waals surface area contributed by atoms with Gasteiger partial charge in [0.1, 0.15) is 0 Å². The lowest BCUT2D eigenvalue weighted by molar-refractivity contribution is -0.123. The van der Waals surface area contributed by atoms with Crippen LogP contribution in [0.3, 0.4) is 0 Å². The summed E-state index contributed by atoms with van der Waals surface area (Å²) >= 11 is 0. The molecular formula is C21H23NO2. The van der Waals surface area contributed by atoms with Crippen LogP contribution in [0.25, 0.3) is 0 Å². The molecule has 0 bridgehead atoms. The first-order valence-electron chi connectivity index (χ1n) is 8.81. The lowest BCUT2D eigenvalue weighted by Crippen LogP contribution is -2.34. The predicted molar refractivity (Wildman–Crippen MR) is 93.8 cm³/mol. The monoisotopic (exact) mass is 321 g/mol. The van der Waals surface area contributed by atoms with Gasteiger partial charge in [0.2, 0.25) is 5.91 Å². The van der Waals surface area contributed by atoms with E-state index in [9.17, 15) is 4.79 Å². The van der Waals surface area contributed by atoms with Crippen molar-refractivity contribution in [3.8, 4) is 0 Å². The van der Waals surface area contributed by atoms with Crippen molar-refractivity contribution in [2.45, 2.75) is 30.8 Å². The van der Waals surface area contributed by atoms with E-state index in [0.29, 0.717) is 6.54 Å². The zero-order valence-corrected chi connectivity index (χ0v) is 13.8. The fraction of sp³-hybridized carbons (Fsp3) is 0.381. The second-order valence-corrected chi connectivity index (χ2v) is 6.84. The van der Waals surface area contributed by atoms with Crippen LogP contribution in [0.5, 0.6) is 0 Å². The molecule has 1 saturated carbocycles. The van der Waals surface area contributed by atoms with Crippen molar-refractivity contribution in [3.63, 3.8) is 0 Å². The van der Waals surface area contributed by atoms with Crippen molar-refractivity contribution in [2.24, 2.45) is 5.92 Å². The molecule has 1 saturated heterocycles. The third kappa shape index (κ3) is 2.73. The van der Waals surface area contributed by atoms with Gasteiger partial charge in [-0.3, -0.25) is 4.79 Å². The van der Waals surface area contributed by atoms with Crippen molar-refractivity contribution < 1.29 is 9.53 Å². The molecule has 2 atom stereocenters. The largest absolute Gasteiger partial charge is 0.376 e. The Labute approximate surface area is 143 Å². The van der Waals surface area contributed by atoms with Crippen molar-refractivity contribution in [1.29, 1.82) is 0 Å². The molecule has 24 heavy (non-hydrogen) atoms. The van der Waals surface area contributed by atoms with E-state index in [2.05, 4.69) is 53.8 Å². The molecule has 1 aliphatic carbocycles. The van der Waals surface area contributed by atoms with Crippen LogP contribution in [0.2, 0.25) is 0 Å². The van der Waals surface area contributed by atoms with E-state index in [-0.39, 0.29) is 23.3 Å². The van der Waals surface area contributed by atoms with Gasteiger partial charge in [-0.1, -0.05) is 60.7 Å². The first kappa shape index (κ1) is 15.4. The van der Waals surface area contributed by atoms with Gasteiger partial charge >= 0.3 is 0 Å². The quantitative estimate of drug-likeness (QED) is 0.918. The number of carbonyl (C=O) groups is 1. The summed E-state index contributed by atoms with van der Waals surface area (Å²) in [7, 11) is 0. The number of hydrogen-bond acceptors (Lipinski definition) is 2. The van der Waals surface area contributed by atoms with Crippen molar-refractivity contribution >= 4 is 5.91 Å². The van der Waals surface area contributed by atoms with Gasteiger partial charge in [-0.25, -0.2) is 0 Å². The summed E-state index contributed by atoms with van der Waals surface area (Å²) in [6, 6.07) is 20.8. The summed E-state index contributed by atoms with van der Waals surface area (Å²) in [6.07, 6.45) is 3.21.